The minimum absolute atomic E-state index is 0.0805. The highest BCUT2D eigenvalue weighted by atomic mass is 32.1. The molecular weight excluding hydrogens is 239 g/mol. The first-order valence-corrected chi connectivity index (χ1v) is 6.01. The third-order valence-corrected chi connectivity index (χ3v) is 3.22. The molecule has 0 atom stereocenters. The average molecular weight is 251 g/mol. The highest BCUT2D eigenvalue weighted by Gasteiger charge is 2.27. The molecule has 2 rings (SSSR count). The van der Waals surface area contributed by atoms with Crippen molar-refractivity contribution in [3.8, 4) is 0 Å². The van der Waals surface area contributed by atoms with Gasteiger partial charge >= 0.3 is 6.18 Å². The predicted octanol–water partition coefficient (Wildman–Crippen LogP) is 3.14. The lowest BCUT2D eigenvalue weighted by Crippen LogP contribution is -2.17. The van der Waals surface area contributed by atoms with Gasteiger partial charge in [-0.15, -0.1) is 11.3 Å². The van der Waals surface area contributed by atoms with Gasteiger partial charge in [-0.1, -0.05) is 0 Å². The van der Waals surface area contributed by atoms with Crippen LogP contribution in [0.2, 0.25) is 0 Å². The van der Waals surface area contributed by atoms with Crippen molar-refractivity contribution in [2.24, 2.45) is 0 Å². The molecule has 1 aliphatic carbocycles. The van der Waals surface area contributed by atoms with Gasteiger partial charge in [0.2, 0.25) is 0 Å². The van der Waals surface area contributed by atoms with E-state index < -0.39 is 12.8 Å². The van der Waals surface area contributed by atoms with Crippen LogP contribution in [0.25, 0.3) is 0 Å². The van der Waals surface area contributed by atoms with Crippen LogP contribution in [0.15, 0.2) is 5.38 Å². The number of hydrogen-bond acceptors (Lipinski definition) is 3. The van der Waals surface area contributed by atoms with Crippen LogP contribution in [0.3, 0.4) is 0 Å². The Morgan fingerprint density at radius 3 is 2.81 bits per heavy atom. The van der Waals surface area contributed by atoms with Crippen LogP contribution < -0.4 is 0 Å². The SMILES string of the molecule is FC(F)(F)COCCc1nc(C2CC2)cs1. The van der Waals surface area contributed by atoms with Gasteiger partial charge in [-0.2, -0.15) is 13.2 Å². The lowest BCUT2D eigenvalue weighted by molar-refractivity contribution is -0.173. The zero-order valence-corrected chi connectivity index (χ0v) is 9.40. The molecule has 1 aromatic rings. The summed E-state index contributed by atoms with van der Waals surface area (Å²) in [5.41, 5.74) is 1.09. The molecule has 0 N–H and O–H groups in total. The Labute approximate surface area is 95.5 Å². The van der Waals surface area contributed by atoms with Crippen molar-refractivity contribution in [3.63, 3.8) is 0 Å². The number of nitrogens with zero attached hydrogens (tertiary/aromatic N) is 1. The molecular formula is C10H12F3NOS. The smallest absolute Gasteiger partial charge is 0.372 e. The molecule has 1 fully saturated rings. The van der Waals surface area contributed by atoms with E-state index in [-0.39, 0.29) is 6.61 Å². The molecule has 90 valence electrons. The highest BCUT2D eigenvalue weighted by Crippen LogP contribution is 2.40. The zero-order chi connectivity index (χ0) is 11.6. The third-order valence-electron chi connectivity index (χ3n) is 2.29. The zero-order valence-electron chi connectivity index (χ0n) is 8.59. The molecule has 0 unspecified atom stereocenters. The van der Waals surface area contributed by atoms with Crippen molar-refractivity contribution in [2.45, 2.75) is 31.4 Å². The molecule has 6 heteroatoms. The summed E-state index contributed by atoms with van der Waals surface area (Å²) in [5, 5.41) is 2.86. The first kappa shape index (κ1) is 11.9. The van der Waals surface area contributed by atoms with Gasteiger partial charge in [0, 0.05) is 17.7 Å². The number of hydrogen-bond donors (Lipinski definition) is 0. The molecule has 1 aliphatic rings. The molecule has 0 bridgehead atoms. The van der Waals surface area contributed by atoms with E-state index in [0.717, 1.165) is 10.7 Å². The number of rotatable bonds is 5. The molecule has 16 heavy (non-hydrogen) atoms. The first-order chi connectivity index (χ1) is 7.54. The minimum atomic E-state index is -4.23. The highest BCUT2D eigenvalue weighted by molar-refractivity contribution is 7.09. The number of halogens is 3. The Balaban J connectivity index is 1.68. The summed E-state index contributed by atoms with van der Waals surface area (Å²) in [6, 6.07) is 0. The summed E-state index contributed by atoms with van der Waals surface area (Å²) < 4.78 is 39.8. The summed E-state index contributed by atoms with van der Waals surface area (Å²) >= 11 is 1.50. The van der Waals surface area contributed by atoms with Crippen LogP contribution >= 0.6 is 11.3 Å². The summed E-state index contributed by atoms with van der Waals surface area (Å²) in [7, 11) is 0. The summed E-state index contributed by atoms with van der Waals surface area (Å²) in [5.74, 6) is 0.598. The molecule has 0 amide bonds. The van der Waals surface area contributed by atoms with Gasteiger partial charge in [0.25, 0.3) is 0 Å². The Morgan fingerprint density at radius 1 is 1.44 bits per heavy atom. The fourth-order valence-corrected chi connectivity index (χ4v) is 2.22. The van der Waals surface area contributed by atoms with Gasteiger partial charge in [-0.3, -0.25) is 0 Å². The molecule has 0 aromatic carbocycles. The van der Waals surface area contributed by atoms with Crippen LogP contribution in [0, 0.1) is 0 Å². The maximum absolute atomic E-state index is 11.8. The number of ether oxygens (including phenoxy) is 1. The Morgan fingerprint density at radius 2 is 2.19 bits per heavy atom. The molecule has 1 aromatic heterocycles. The van der Waals surface area contributed by atoms with Crippen molar-refractivity contribution < 1.29 is 17.9 Å². The van der Waals surface area contributed by atoms with E-state index in [1.54, 1.807) is 0 Å². The van der Waals surface area contributed by atoms with E-state index in [1.807, 2.05) is 5.38 Å². The van der Waals surface area contributed by atoms with Crippen LogP contribution in [0.4, 0.5) is 13.2 Å². The molecule has 0 radical (unpaired) electrons. The van der Waals surface area contributed by atoms with E-state index >= 15 is 0 Å². The van der Waals surface area contributed by atoms with Crippen LogP contribution in [-0.4, -0.2) is 24.4 Å². The lowest BCUT2D eigenvalue weighted by atomic mass is 10.3. The molecule has 2 nitrogen and oxygen atoms in total. The van der Waals surface area contributed by atoms with E-state index in [0.29, 0.717) is 12.3 Å². The molecule has 1 heterocycles. The molecule has 0 aliphatic heterocycles. The van der Waals surface area contributed by atoms with Crippen LogP contribution in [0.1, 0.15) is 29.5 Å². The Kier molecular flexibility index (Phi) is 3.49. The summed E-state index contributed by atoms with van der Waals surface area (Å²) in [4.78, 5) is 4.36. The molecule has 0 saturated heterocycles. The Hall–Kier alpha value is -0.620. The van der Waals surface area contributed by atoms with E-state index in [1.165, 1.54) is 24.2 Å². The molecule has 1 saturated carbocycles. The number of aromatic nitrogens is 1. The standard InChI is InChI=1S/C10H12F3NOS/c11-10(12,13)6-15-4-3-9-14-8(5-16-9)7-1-2-7/h5,7H,1-4,6H2. The van der Waals surface area contributed by atoms with Crippen molar-refractivity contribution in [3.05, 3.63) is 16.1 Å². The van der Waals surface area contributed by atoms with Gasteiger partial charge in [0.1, 0.15) is 6.61 Å². The third kappa shape index (κ3) is 3.75. The maximum atomic E-state index is 11.8. The summed E-state index contributed by atoms with van der Waals surface area (Å²) in [6.45, 7) is -1.09. The maximum Gasteiger partial charge on any atom is 0.411 e. The van der Waals surface area contributed by atoms with Gasteiger partial charge in [0.05, 0.1) is 17.3 Å². The van der Waals surface area contributed by atoms with Gasteiger partial charge < -0.3 is 4.74 Å². The van der Waals surface area contributed by atoms with Crippen LogP contribution in [0.5, 0.6) is 0 Å². The molecule has 0 spiro atoms. The van der Waals surface area contributed by atoms with E-state index in [9.17, 15) is 13.2 Å². The van der Waals surface area contributed by atoms with Crippen molar-refractivity contribution in [2.75, 3.05) is 13.2 Å². The second-order valence-electron chi connectivity index (χ2n) is 3.86. The second kappa shape index (κ2) is 4.71. The fraction of sp³-hybridized carbons (Fsp3) is 0.700. The van der Waals surface area contributed by atoms with Gasteiger partial charge in [0.15, 0.2) is 0 Å². The average Bonchev–Trinajstić information content (AvgIpc) is 2.93. The monoisotopic (exact) mass is 251 g/mol. The minimum Gasteiger partial charge on any atom is -0.372 e. The normalized spacial score (nSPS) is 16.7. The summed E-state index contributed by atoms with van der Waals surface area (Å²) in [6.07, 6.45) is -1.39. The lowest BCUT2D eigenvalue weighted by Gasteiger charge is -2.06. The number of alkyl halides is 3. The van der Waals surface area contributed by atoms with Crippen molar-refractivity contribution >= 4 is 11.3 Å². The fourth-order valence-electron chi connectivity index (χ4n) is 1.35. The number of thiazole rings is 1. The Bertz CT molecular complexity index is 346. The largest absolute Gasteiger partial charge is 0.411 e. The quantitative estimate of drug-likeness (QED) is 0.750. The van der Waals surface area contributed by atoms with Crippen molar-refractivity contribution in [1.29, 1.82) is 0 Å². The first-order valence-electron chi connectivity index (χ1n) is 5.13. The van der Waals surface area contributed by atoms with Gasteiger partial charge in [-0.05, 0) is 12.8 Å². The van der Waals surface area contributed by atoms with E-state index in [4.69, 9.17) is 0 Å². The van der Waals surface area contributed by atoms with Crippen LogP contribution in [-0.2, 0) is 11.2 Å². The predicted molar refractivity (Wildman–Crippen MR) is 54.7 cm³/mol. The van der Waals surface area contributed by atoms with Gasteiger partial charge in [-0.25, -0.2) is 4.98 Å². The van der Waals surface area contributed by atoms with E-state index in [2.05, 4.69) is 9.72 Å². The van der Waals surface area contributed by atoms with Crippen molar-refractivity contribution in [1.82, 2.24) is 4.98 Å². The second-order valence-corrected chi connectivity index (χ2v) is 4.80. The topological polar surface area (TPSA) is 22.1 Å².